The Labute approximate surface area is 104 Å². The zero-order valence-corrected chi connectivity index (χ0v) is 9.88. The first-order valence-electron chi connectivity index (χ1n) is 5.49. The van der Waals surface area contributed by atoms with Gasteiger partial charge in [0.1, 0.15) is 23.0 Å². The molecule has 2 aromatic carbocycles. The van der Waals surface area contributed by atoms with Crippen molar-refractivity contribution in [3.8, 4) is 23.0 Å². The highest BCUT2D eigenvalue weighted by Crippen LogP contribution is 2.32. The highest BCUT2D eigenvalue weighted by Gasteiger charge is 2.10. The minimum Gasteiger partial charge on any atom is -0.508 e. The Balaban J connectivity index is 2.40. The van der Waals surface area contributed by atoms with Crippen molar-refractivity contribution in [1.82, 2.24) is 0 Å². The van der Waals surface area contributed by atoms with Gasteiger partial charge in [-0.25, -0.2) is 0 Å². The van der Waals surface area contributed by atoms with Crippen LogP contribution in [0.4, 0.5) is 0 Å². The van der Waals surface area contributed by atoms with Crippen molar-refractivity contribution in [1.29, 1.82) is 0 Å². The van der Waals surface area contributed by atoms with E-state index in [0.29, 0.717) is 16.7 Å². The fraction of sp³-hybridized carbons (Fsp3) is 0.143. The summed E-state index contributed by atoms with van der Waals surface area (Å²) >= 11 is 0. The summed E-state index contributed by atoms with van der Waals surface area (Å²) in [6, 6.07) is 7.19. The molecule has 0 amide bonds. The molecule has 2 aromatic rings. The lowest BCUT2D eigenvalue weighted by atomic mass is 10.0. The largest absolute Gasteiger partial charge is 0.508 e. The van der Waals surface area contributed by atoms with Crippen LogP contribution in [0.2, 0.25) is 0 Å². The molecule has 4 nitrogen and oxygen atoms in total. The van der Waals surface area contributed by atoms with Gasteiger partial charge in [-0.3, -0.25) is 0 Å². The van der Waals surface area contributed by atoms with Crippen LogP contribution in [-0.2, 0) is 6.42 Å². The number of phenols is 4. The SMILES string of the molecule is Cc1cc(O)cc(Cc2ccc(O)cc2O)c1O. The molecule has 0 fully saturated rings. The number of aryl methyl sites for hydroxylation is 1. The minimum absolute atomic E-state index is 0.0208. The molecule has 18 heavy (non-hydrogen) atoms. The fourth-order valence-corrected chi connectivity index (χ4v) is 1.87. The monoisotopic (exact) mass is 246 g/mol. The molecule has 94 valence electrons. The number of aromatic hydroxyl groups is 4. The summed E-state index contributed by atoms with van der Waals surface area (Å²) in [6.07, 6.45) is 0.271. The van der Waals surface area contributed by atoms with Gasteiger partial charge in [0.05, 0.1) is 0 Å². The van der Waals surface area contributed by atoms with Gasteiger partial charge in [0.25, 0.3) is 0 Å². The Morgan fingerprint density at radius 2 is 1.56 bits per heavy atom. The predicted molar refractivity (Wildman–Crippen MR) is 67.1 cm³/mol. The van der Waals surface area contributed by atoms with E-state index in [1.54, 1.807) is 13.0 Å². The van der Waals surface area contributed by atoms with Gasteiger partial charge in [-0.05, 0) is 36.2 Å². The smallest absolute Gasteiger partial charge is 0.122 e. The molecule has 0 bridgehead atoms. The second kappa shape index (κ2) is 4.49. The van der Waals surface area contributed by atoms with Gasteiger partial charge < -0.3 is 20.4 Å². The topological polar surface area (TPSA) is 80.9 Å². The quantitative estimate of drug-likeness (QED) is 0.613. The molecule has 0 radical (unpaired) electrons. The first kappa shape index (κ1) is 12.1. The molecule has 0 aliphatic heterocycles. The second-order valence-electron chi connectivity index (χ2n) is 4.26. The molecular weight excluding hydrogens is 232 g/mol. The first-order valence-corrected chi connectivity index (χ1v) is 5.49. The van der Waals surface area contributed by atoms with Crippen molar-refractivity contribution in [2.75, 3.05) is 0 Å². The molecule has 0 spiro atoms. The Bertz CT molecular complexity index is 591. The van der Waals surface area contributed by atoms with Crippen molar-refractivity contribution in [3.63, 3.8) is 0 Å². The Hall–Kier alpha value is -2.36. The highest BCUT2D eigenvalue weighted by atomic mass is 16.3. The van der Waals surface area contributed by atoms with Gasteiger partial charge in [-0.15, -0.1) is 0 Å². The Morgan fingerprint density at radius 3 is 2.22 bits per heavy atom. The molecule has 0 saturated carbocycles. The summed E-state index contributed by atoms with van der Waals surface area (Å²) in [4.78, 5) is 0. The number of benzene rings is 2. The van der Waals surface area contributed by atoms with Gasteiger partial charge in [-0.2, -0.15) is 0 Å². The van der Waals surface area contributed by atoms with E-state index in [-0.39, 0.29) is 29.4 Å². The van der Waals surface area contributed by atoms with Crippen LogP contribution in [-0.4, -0.2) is 20.4 Å². The van der Waals surface area contributed by atoms with Crippen LogP contribution in [0.3, 0.4) is 0 Å². The third kappa shape index (κ3) is 2.32. The van der Waals surface area contributed by atoms with Crippen LogP contribution in [0.5, 0.6) is 23.0 Å². The summed E-state index contributed by atoms with van der Waals surface area (Å²) < 4.78 is 0. The van der Waals surface area contributed by atoms with Crippen molar-refractivity contribution in [2.24, 2.45) is 0 Å². The lowest BCUT2D eigenvalue weighted by molar-refractivity contribution is 0.443. The third-order valence-corrected chi connectivity index (χ3v) is 2.81. The molecule has 0 atom stereocenters. The van der Waals surface area contributed by atoms with Gasteiger partial charge in [-0.1, -0.05) is 6.07 Å². The van der Waals surface area contributed by atoms with Crippen LogP contribution >= 0.6 is 0 Å². The Kier molecular flexibility index (Phi) is 3.02. The van der Waals surface area contributed by atoms with E-state index in [1.807, 2.05) is 0 Å². The molecule has 4 N–H and O–H groups in total. The van der Waals surface area contributed by atoms with Crippen LogP contribution < -0.4 is 0 Å². The van der Waals surface area contributed by atoms with E-state index in [9.17, 15) is 20.4 Å². The van der Waals surface area contributed by atoms with Crippen molar-refractivity contribution < 1.29 is 20.4 Å². The van der Waals surface area contributed by atoms with Crippen LogP contribution in [0.1, 0.15) is 16.7 Å². The molecule has 2 rings (SSSR count). The Morgan fingerprint density at radius 1 is 0.833 bits per heavy atom. The van der Waals surface area contributed by atoms with Crippen molar-refractivity contribution in [3.05, 3.63) is 47.0 Å². The van der Waals surface area contributed by atoms with Crippen molar-refractivity contribution >= 4 is 0 Å². The normalized spacial score (nSPS) is 10.5. The molecule has 0 heterocycles. The molecule has 0 aliphatic carbocycles. The number of phenolic OH excluding ortho intramolecular Hbond substituents is 4. The molecule has 0 aliphatic rings. The summed E-state index contributed by atoms with van der Waals surface area (Å²) in [5.74, 6) is 0.0989. The molecular formula is C14H14O4. The van der Waals surface area contributed by atoms with Crippen LogP contribution in [0.25, 0.3) is 0 Å². The predicted octanol–water partition coefficient (Wildman–Crippen LogP) is 2.41. The van der Waals surface area contributed by atoms with E-state index >= 15 is 0 Å². The maximum absolute atomic E-state index is 9.89. The minimum atomic E-state index is -0.0459. The van der Waals surface area contributed by atoms with Crippen LogP contribution in [0, 0.1) is 6.92 Å². The highest BCUT2D eigenvalue weighted by molar-refractivity contribution is 5.49. The van der Waals surface area contributed by atoms with Crippen molar-refractivity contribution in [2.45, 2.75) is 13.3 Å². The lowest BCUT2D eigenvalue weighted by Gasteiger charge is -2.10. The fourth-order valence-electron chi connectivity index (χ4n) is 1.87. The van der Waals surface area contributed by atoms with E-state index in [0.717, 1.165) is 0 Å². The average Bonchev–Trinajstić information content (AvgIpc) is 2.29. The summed E-state index contributed by atoms with van der Waals surface area (Å²) in [5.41, 5.74) is 1.66. The van der Waals surface area contributed by atoms with Gasteiger partial charge in [0, 0.05) is 18.1 Å². The van der Waals surface area contributed by atoms with Gasteiger partial charge in [0.2, 0.25) is 0 Å². The maximum atomic E-state index is 9.89. The van der Waals surface area contributed by atoms with E-state index in [1.165, 1.54) is 24.3 Å². The zero-order chi connectivity index (χ0) is 13.3. The molecule has 0 unspecified atom stereocenters. The summed E-state index contributed by atoms with van der Waals surface area (Å²) in [5, 5.41) is 38.3. The number of rotatable bonds is 2. The standard InChI is InChI=1S/C14H14O4/c1-8-4-12(16)6-10(14(8)18)5-9-2-3-11(15)7-13(9)17/h2-4,6-7,15-18H,5H2,1H3. The molecule has 4 heteroatoms. The summed E-state index contributed by atoms with van der Waals surface area (Å²) in [6.45, 7) is 1.69. The first-order chi connectivity index (χ1) is 8.47. The van der Waals surface area contributed by atoms with E-state index in [2.05, 4.69) is 0 Å². The molecule has 0 aromatic heterocycles. The maximum Gasteiger partial charge on any atom is 0.122 e. The number of hydrogen-bond acceptors (Lipinski definition) is 4. The van der Waals surface area contributed by atoms with Gasteiger partial charge in [0.15, 0.2) is 0 Å². The molecule has 0 saturated heterocycles. The zero-order valence-electron chi connectivity index (χ0n) is 9.88. The lowest BCUT2D eigenvalue weighted by Crippen LogP contribution is -1.91. The third-order valence-electron chi connectivity index (χ3n) is 2.81. The van der Waals surface area contributed by atoms with E-state index < -0.39 is 0 Å². The summed E-state index contributed by atoms with van der Waals surface area (Å²) in [7, 11) is 0. The van der Waals surface area contributed by atoms with Crippen LogP contribution in [0.15, 0.2) is 30.3 Å². The van der Waals surface area contributed by atoms with E-state index in [4.69, 9.17) is 0 Å². The van der Waals surface area contributed by atoms with Gasteiger partial charge >= 0.3 is 0 Å². The average molecular weight is 246 g/mol. The second-order valence-corrected chi connectivity index (χ2v) is 4.26. The number of hydrogen-bond donors (Lipinski definition) is 4.